The maximum atomic E-state index is 11.6. The lowest BCUT2D eigenvalue weighted by atomic mass is 10.1. The molecule has 2 heterocycles. The minimum absolute atomic E-state index is 0.0294. The first kappa shape index (κ1) is 12.9. The van der Waals surface area contributed by atoms with Gasteiger partial charge in [0.15, 0.2) is 5.82 Å². The van der Waals surface area contributed by atoms with Crippen LogP contribution in [0.3, 0.4) is 0 Å². The van der Waals surface area contributed by atoms with Crippen molar-refractivity contribution >= 4 is 17.8 Å². The third kappa shape index (κ3) is 2.46. The van der Waals surface area contributed by atoms with Crippen molar-refractivity contribution in [2.75, 3.05) is 0 Å². The number of nitro benzene ring substituents is 1. The van der Waals surface area contributed by atoms with Crippen molar-refractivity contribution in [1.29, 1.82) is 0 Å². The smallest absolute Gasteiger partial charge is 0.269 e. The van der Waals surface area contributed by atoms with Gasteiger partial charge in [0, 0.05) is 23.9 Å². The number of benzene rings is 1. The molecule has 0 radical (unpaired) electrons. The largest absolute Gasteiger partial charge is 0.334 e. The van der Waals surface area contributed by atoms with Crippen molar-refractivity contribution in [2.24, 2.45) is 4.99 Å². The number of rotatable bonds is 3. The summed E-state index contributed by atoms with van der Waals surface area (Å²) in [5, 5.41) is 14.3. The van der Waals surface area contributed by atoms with Crippen LogP contribution in [0.4, 0.5) is 5.69 Å². The Balaban J connectivity index is 1.88. The van der Waals surface area contributed by atoms with Gasteiger partial charge >= 0.3 is 0 Å². The molecular weight excluding hydrogens is 276 g/mol. The summed E-state index contributed by atoms with van der Waals surface area (Å²) in [5.74, 6) is -0.629. The Hall–Kier alpha value is -3.16. The molecule has 8 heteroatoms. The van der Waals surface area contributed by atoms with Gasteiger partial charge in [-0.2, -0.15) is 4.98 Å². The molecule has 3 rings (SSSR count). The standard InChI is InChI=1S/C13H8N4O4/c18-12-10(2-1-7-14-12)11-15-13(21-16-11)8-3-5-9(6-4-8)17(19)20/h1-7,10H. The van der Waals surface area contributed by atoms with Crippen LogP contribution in [-0.4, -0.2) is 27.2 Å². The number of hydrogen-bond donors (Lipinski definition) is 0. The number of carbonyl (C=O) groups is 1. The molecule has 1 aliphatic heterocycles. The number of aromatic nitrogens is 2. The van der Waals surface area contributed by atoms with Crippen LogP contribution in [0, 0.1) is 10.1 Å². The molecule has 1 aliphatic rings. The number of carbonyl (C=O) groups excluding carboxylic acids is 1. The molecule has 0 spiro atoms. The van der Waals surface area contributed by atoms with Crippen molar-refractivity contribution in [3.63, 3.8) is 0 Å². The van der Waals surface area contributed by atoms with E-state index in [1.54, 1.807) is 12.2 Å². The van der Waals surface area contributed by atoms with Gasteiger partial charge < -0.3 is 4.52 Å². The van der Waals surface area contributed by atoms with Crippen LogP contribution >= 0.6 is 0 Å². The molecule has 1 amide bonds. The topological polar surface area (TPSA) is 111 Å². The Morgan fingerprint density at radius 3 is 2.67 bits per heavy atom. The van der Waals surface area contributed by atoms with Crippen molar-refractivity contribution in [3.8, 4) is 11.5 Å². The molecule has 1 atom stereocenters. The molecule has 1 unspecified atom stereocenters. The van der Waals surface area contributed by atoms with E-state index in [0.717, 1.165) is 0 Å². The van der Waals surface area contributed by atoms with Crippen LogP contribution in [0.5, 0.6) is 0 Å². The molecule has 0 saturated carbocycles. The molecule has 0 saturated heterocycles. The quantitative estimate of drug-likeness (QED) is 0.628. The summed E-state index contributed by atoms with van der Waals surface area (Å²) in [6.45, 7) is 0. The van der Waals surface area contributed by atoms with Crippen molar-refractivity contribution in [2.45, 2.75) is 5.92 Å². The molecule has 0 fully saturated rings. The van der Waals surface area contributed by atoms with E-state index in [-0.39, 0.29) is 23.3 Å². The third-order valence-electron chi connectivity index (χ3n) is 2.90. The lowest BCUT2D eigenvalue weighted by Crippen LogP contribution is -2.12. The fourth-order valence-electron chi connectivity index (χ4n) is 1.84. The molecule has 1 aromatic heterocycles. The zero-order chi connectivity index (χ0) is 14.8. The van der Waals surface area contributed by atoms with Crippen molar-refractivity contribution < 1.29 is 14.2 Å². The van der Waals surface area contributed by atoms with Gasteiger partial charge in [-0.15, -0.1) is 0 Å². The second kappa shape index (κ2) is 5.08. The molecule has 0 aliphatic carbocycles. The lowest BCUT2D eigenvalue weighted by molar-refractivity contribution is -0.384. The molecule has 0 bridgehead atoms. The fourth-order valence-corrected chi connectivity index (χ4v) is 1.84. The Labute approximate surface area is 118 Å². The molecule has 21 heavy (non-hydrogen) atoms. The minimum Gasteiger partial charge on any atom is -0.334 e. The first-order valence-corrected chi connectivity index (χ1v) is 5.98. The van der Waals surface area contributed by atoms with Gasteiger partial charge in [0.05, 0.1) is 4.92 Å². The molecule has 1 aromatic carbocycles. The van der Waals surface area contributed by atoms with Gasteiger partial charge in [0.2, 0.25) is 0 Å². The van der Waals surface area contributed by atoms with E-state index in [1.807, 2.05) is 0 Å². The van der Waals surface area contributed by atoms with Crippen molar-refractivity contribution in [1.82, 2.24) is 10.1 Å². The Morgan fingerprint density at radius 2 is 2.00 bits per heavy atom. The Bertz CT molecular complexity index is 761. The van der Waals surface area contributed by atoms with Crippen LogP contribution in [0.1, 0.15) is 11.7 Å². The van der Waals surface area contributed by atoms with Gasteiger partial charge in [-0.25, -0.2) is 4.99 Å². The molecule has 0 N–H and O–H groups in total. The Kier molecular flexibility index (Phi) is 3.11. The summed E-state index contributed by atoms with van der Waals surface area (Å²) < 4.78 is 5.08. The van der Waals surface area contributed by atoms with E-state index in [9.17, 15) is 14.9 Å². The van der Waals surface area contributed by atoms with Crippen LogP contribution in [0.2, 0.25) is 0 Å². The van der Waals surface area contributed by atoms with Crippen molar-refractivity contribution in [3.05, 3.63) is 52.4 Å². The highest BCUT2D eigenvalue weighted by atomic mass is 16.6. The summed E-state index contributed by atoms with van der Waals surface area (Å²) in [4.78, 5) is 29.5. The first-order valence-electron chi connectivity index (χ1n) is 5.98. The maximum Gasteiger partial charge on any atom is 0.269 e. The molecular formula is C13H8N4O4. The first-order chi connectivity index (χ1) is 10.1. The summed E-state index contributed by atoms with van der Waals surface area (Å²) in [5.41, 5.74) is 0.508. The summed E-state index contributed by atoms with van der Waals surface area (Å²) in [6.07, 6.45) is 4.66. The number of allylic oxidation sites excluding steroid dienone is 1. The van der Waals surface area contributed by atoms with Gasteiger partial charge in [-0.05, 0) is 18.2 Å². The van der Waals surface area contributed by atoms with E-state index in [0.29, 0.717) is 5.56 Å². The van der Waals surface area contributed by atoms with E-state index in [4.69, 9.17) is 4.52 Å². The van der Waals surface area contributed by atoms with Crippen LogP contribution in [0.25, 0.3) is 11.5 Å². The van der Waals surface area contributed by atoms with Crippen LogP contribution in [0.15, 0.2) is 45.9 Å². The average molecular weight is 284 g/mol. The number of nitro groups is 1. The minimum atomic E-state index is -0.662. The summed E-state index contributed by atoms with van der Waals surface area (Å²) in [6, 6.07) is 5.70. The third-order valence-corrected chi connectivity index (χ3v) is 2.90. The zero-order valence-electron chi connectivity index (χ0n) is 10.5. The van der Waals surface area contributed by atoms with E-state index < -0.39 is 10.8 Å². The van der Waals surface area contributed by atoms with E-state index in [2.05, 4.69) is 15.1 Å². The predicted molar refractivity (Wildman–Crippen MR) is 71.8 cm³/mol. The predicted octanol–water partition coefficient (Wildman–Crippen LogP) is 1.90. The van der Waals surface area contributed by atoms with E-state index in [1.165, 1.54) is 30.5 Å². The molecule has 104 valence electrons. The maximum absolute atomic E-state index is 11.6. The second-order valence-corrected chi connectivity index (χ2v) is 4.24. The fraction of sp³-hybridized carbons (Fsp3) is 0.0769. The number of hydrogen-bond acceptors (Lipinski definition) is 6. The van der Waals surface area contributed by atoms with Gasteiger partial charge in [0.1, 0.15) is 5.92 Å². The van der Waals surface area contributed by atoms with Gasteiger partial charge in [0.25, 0.3) is 17.5 Å². The van der Waals surface area contributed by atoms with Crippen LogP contribution < -0.4 is 0 Å². The number of dihydropyridines is 1. The molecule has 2 aromatic rings. The normalized spacial score (nSPS) is 17.1. The van der Waals surface area contributed by atoms with Gasteiger partial charge in [-0.1, -0.05) is 11.2 Å². The van der Waals surface area contributed by atoms with Crippen LogP contribution in [-0.2, 0) is 4.79 Å². The highest BCUT2D eigenvalue weighted by Gasteiger charge is 2.24. The SMILES string of the molecule is O=C1N=CC=CC1c1noc(-c2ccc([N+](=O)[O-])cc2)n1. The number of aliphatic imine (C=N–C) groups is 1. The van der Waals surface area contributed by atoms with Gasteiger partial charge in [-0.3, -0.25) is 14.9 Å². The highest BCUT2D eigenvalue weighted by Crippen LogP contribution is 2.24. The monoisotopic (exact) mass is 284 g/mol. The Morgan fingerprint density at radius 1 is 1.24 bits per heavy atom. The average Bonchev–Trinajstić information content (AvgIpc) is 2.97. The number of nitrogens with zero attached hydrogens (tertiary/aromatic N) is 4. The lowest BCUT2D eigenvalue weighted by Gasteiger charge is -2.04. The van der Waals surface area contributed by atoms with E-state index >= 15 is 0 Å². The number of non-ortho nitro benzene ring substituents is 1. The zero-order valence-corrected chi connectivity index (χ0v) is 10.5. The highest BCUT2D eigenvalue weighted by molar-refractivity contribution is 5.96. The summed E-state index contributed by atoms with van der Waals surface area (Å²) in [7, 11) is 0. The second-order valence-electron chi connectivity index (χ2n) is 4.24. The molecule has 8 nitrogen and oxygen atoms in total. The summed E-state index contributed by atoms with van der Waals surface area (Å²) >= 11 is 0. The number of amides is 1.